The highest BCUT2D eigenvalue weighted by molar-refractivity contribution is 5.95. The van der Waals surface area contributed by atoms with E-state index in [-0.39, 0.29) is 11.9 Å². The number of aryl methyl sites for hydroxylation is 2. The first-order valence-electron chi connectivity index (χ1n) is 12.0. The molecule has 0 aliphatic heterocycles. The molecule has 1 aromatic rings. The van der Waals surface area contributed by atoms with E-state index in [1.165, 1.54) is 4.90 Å². The van der Waals surface area contributed by atoms with Gasteiger partial charge in [-0.25, -0.2) is 4.79 Å². The van der Waals surface area contributed by atoms with Crippen molar-refractivity contribution < 1.29 is 23.9 Å². The van der Waals surface area contributed by atoms with Crippen molar-refractivity contribution in [3.8, 4) is 0 Å². The minimum atomic E-state index is -1.27. The summed E-state index contributed by atoms with van der Waals surface area (Å²) in [5.41, 5.74) is 6.67. The molecule has 4 amide bonds. The van der Waals surface area contributed by atoms with Crippen LogP contribution in [0, 0.1) is 13.8 Å². The molecule has 0 radical (unpaired) electrons. The van der Waals surface area contributed by atoms with E-state index in [2.05, 4.69) is 10.6 Å². The van der Waals surface area contributed by atoms with Crippen LogP contribution >= 0.6 is 0 Å². The topological polar surface area (TPSA) is 131 Å². The molecule has 194 valence electrons. The average molecular weight is 489 g/mol. The lowest BCUT2D eigenvalue weighted by molar-refractivity contribution is -0.144. The molecule has 2 atom stereocenters. The van der Waals surface area contributed by atoms with Crippen LogP contribution in [0.25, 0.3) is 0 Å². The maximum absolute atomic E-state index is 13.9. The molecule has 1 aliphatic carbocycles. The van der Waals surface area contributed by atoms with Crippen LogP contribution in [-0.4, -0.2) is 51.9 Å². The number of ether oxygens (including phenoxy) is 1. The number of nitrogens with zero attached hydrogens (tertiary/aromatic N) is 1. The van der Waals surface area contributed by atoms with Gasteiger partial charge < -0.3 is 26.0 Å². The van der Waals surface area contributed by atoms with Crippen molar-refractivity contribution in [2.45, 2.75) is 104 Å². The Morgan fingerprint density at radius 3 is 2.14 bits per heavy atom. The number of hydrogen-bond acceptors (Lipinski definition) is 5. The van der Waals surface area contributed by atoms with E-state index in [4.69, 9.17) is 10.5 Å². The number of benzene rings is 1. The van der Waals surface area contributed by atoms with Crippen molar-refractivity contribution >= 4 is 23.8 Å². The molecule has 1 saturated carbocycles. The second-order valence-corrected chi connectivity index (χ2v) is 11.3. The molecule has 2 rings (SSSR count). The minimum Gasteiger partial charge on any atom is -0.444 e. The third-order valence-corrected chi connectivity index (χ3v) is 5.33. The van der Waals surface area contributed by atoms with Gasteiger partial charge in [0, 0.05) is 11.6 Å². The van der Waals surface area contributed by atoms with Crippen LogP contribution in [0.15, 0.2) is 18.2 Å². The van der Waals surface area contributed by atoms with Crippen molar-refractivity contribution in [3.05, 3.63) is 34.9 Å². The molecule has 0 heterocycles. The largest absolute Gasteiger partial charge is 0.444 e. The Bertz CT molecular complexity index is 973. The van der Waals surface area contributed by atoms with Crippen molar-refractivity contribution in [2.24, 2.45) is 5.73 Å². The summed E-state index contributed by atoms with van der Waals surface area (Å²) in [5.74, 6) is -1.64. The van der Waals surface area contributed by atoms with Crippen LogP contribution < -0.4 is 16.4 Å². The van der Waals surface area contributed by atoms with E-state index in [0.717, 1.165) is 11.1 Å². The smallest absolute Gasteiger partial charge is 0.408 e. The number of hydrogen-bond donors (Lipinski definition) is 3. The van der Waals surface area contributed by atoms with Crippen LogP contribution in [-0.2, 0) is 19.1 Å². The van der Waals surface area contributed by atoms with E-state index in [1.54, 1.807) is 20.8 Å². The molecule has 0 aromatic heterocycles. The first-order valence-corrected chi connectivity index (χ1v) is 12.0. The Morgan fingerprint density at radius 2 is 1.69 bits per heavy atom. The van der Waals surface area contributed by atoms with Gasteiger partial charge in [-0.1, -0.05) is 23.8 Å². The molecule has 0 spiro atoms. The highest BCUT2D eigenvalue weighted by Crippen LogP contribution is 2.37. The fraction of sp³-hybridized carbons (Fsp3) is 0.615. The zero-order valence-electron chi connectivity index (χ0n) is 22.2. The minimum absolute atomic E-state index is 0.199. The Balaban J connectivity index is 2.52. The summed E-state index contributed by atoms with van der Waals surface area (Å²) in [4.78, 5) is 53.3. The third-order valence-electron chi connectivity index (χ3n) is 5.33. The number of amides is 4. The lowest BCUT2D eigenvalue weighted by atomic mass is 9.95. The van der Waals surface area contributed by atoms with Crippen LogP contribution in [0.2, 0.25) is 0 Å². The summed E-state index contributed by atoms with van der Waals surface area (Å²) < 4.78 is 5.29. The third kappa shape index (κ3) is 8.56. The standard InChI is InChI=1S/C26H40N4O5/c1-15-9-12-18(16(2)13-15)21(22(32)29-25(3,4)5)30(17-10-11-17)23(33)19(14-20(27)31)28-24(34)35-26(6,7)8/h9,12-13,17,19,21H,10-11,14H2,1-8H3,(H2,27,31)(H,28,34)(H,29,32). The SMILES string of the molecule is Cc1ccc(C(C(=O)NC(C)(C)C)N(C(=O)C(CC(N)=O)NC(=O)OC(C)(C)C)C2CC2)c(C)c1. The van der Waals surface area contributed by atoms with Crippen LogP contribution in [0.5, 0.6) is 0 Å². The Morgan fingerprint density at radius 1 is 1.09 bits per heavy atom. The number of carbonyl (C=O) groups is 4. The van der Waals surface area contributed by atoms with Crippen molar-refractivity contribution in [1.29, 1.82) is 0 Å². The monoisotopic (exact) mass is 488 g/mol. The molecule has 1 aromatic carbocycles. The lowest BCUT2D eigenvalue weighted by Gasteiger charge is -2.36. The summed E-state index contributed by atoms with van der Waals surface area (Å²) in [7, 11) is 0. The summed E-state index contributed by atoms with van der Waals surface area (Å²) in [6.07, 6.45) is 0.175. The quantitative estimate of drug-likeness (QED) is 0.518. The summed E-state index contributed by atoms with van der Waals surface area (Å²) >= 11 is 0. The molecule has 0 bridgehead atoms. The van der Waals surface area contributed by atoms with E-state index in [1.807, 2.05) is 52.8 Å². The number of alkyl carbamates (subject to hydrolysis) is 1. The molecule has 9 nitrogen and oxygen atoms in total. The average Bonchev–Trinajstić information content (AvgIpc) is 3.47. The van der Waals surface area contributed by atoms with E-state index in [9.17, 15) is 19.2 Å². The Hall–Kier alpha value is -3.10. The van der Waals surface area contributed by atoms with E-state index < -0.39 is 47.6 Å². The fourth-order valence-electron chi connectivity index (χ4n) is 3.89. The highest BCUT2D eigenvalue weighted by Gasteiger charge is 2.45. The van der Waals surface area contributed by atoms with Gasteiger partial charge >= 0.3 is 6.09 Å². The van der Waals surface area contributed by atoms with Gasteiger partial charge in [-0.2, -0.15) is 0 Å². The number of nitrogens with one attached hydrogen (secondary N) is 2. The first-order chi connectivity index (χ1) is 16.0. The maximum Gasteiger partial charge on any atom is 0.408 e. The number of nitrogens with two attached hydrogens (primary N) is 1. The summed E-state index contributed by atoms with van der Waals surface area (Å²) in [6, 6.07) is 3.31. The second-order valence-electron chi connectivity index (χ2n) is 11.3. The molecular formula is C26H40N4O5. The molecule has 35 heavy (non-hydrogen) atoms. The van der Waals surface area contributed by atoms with Crippen LogP contribution in [0.1, 0.15) is 83.5 Å². The molecular weight excluding hydrogens is 448 g/mol. The van der Waals surface area contributed by atoms with Crippen molar-refractivity contribution in [3.63, 3.8) is 0 Å². The van der Waals surface area contributed by atoms with Gasteiger partial charge in [0.25, 0.3) is 0 Å². The normalized spacial score (nSPS) is 15.5. The number of rotatable bonds is 8. The van der Waals surface area contributed by atoms with Gasteiger partial charge in [-0.3, -0.25) is 14.4 Å². The summed E-state index contributed by atoms with van der Waals surface area (Å²) in [6.45, 7) is 14.5. The predicted molar refractivity (Wildman–Crippen MR) is 133 cm³/mol. The molecule has 4 N–H and O–H groups in total. The van der Waals surface area contributed by atoms with E-state index >= 15 is 0 Å². The Kier molecular flexibility index (Phi) is 8.57. The zero-order chi connectivity index (χ0) is 26.7. The van der Waals surface area contributed by atoms with Gasteiger partial charge in [0.2, 0.25) is 17.7 Å². The van der Waals surface area contributed by atoms with Gasteiger partial charge in [0.05, 0.1) is 6.42 Å². The van der Waals surface area contributed by atoms with E-state index in [0.29, 0.717) is 18.4 Å². The number of primary amides is 1. The van der Waals surface area contributed by atoms with Crippen molar-refractivity contribution in [2.75, 3.05) is 0 Å². The molecule has 9 heteroatoms. The molecule has 2 unspecified atom stereocenters. The van der Waals surface area contributed by atoms with Crippen molar-refractivity contribution in [1.82, 2.24) is 15.5 Å². The molecule has 1 fully saturated rings. The van der Waals surface area contributed by atoms with Gasteiger partial charge in [-0.05, 0) is 79.4 Å². The van der Waals surface area contributed by atoms with Gasteiger partial charge in [0.15, 0.2) is 0 Å². The maximum atomic E-state index is 13.9. The predicted octanol–water partition coefficient (Wildman–Crippen LogP) is 3.02. The Labute approximate surface area is 208 Å². The zero-order valence-corrected chi connectivity index (χ0v) is 22.2. The van der Waals surface area contributed by atoms with Gasteiger partial charge in [0.1, 0.15) is 17.7 Å². The van der Waals surface area contributed by atoms with Crippen LogP contribution in [0.4, 0.5) is 4.79 Å². The highest BCUT2D eigenvalue weighted by atomic mass is 16.6. The van der Waals surface area contributed by atoms with Gasteiger partial charge in [-0.15, -0.1) is 0 Å². The number of carbonyl (C=O) groups excluding carboxylic acids is 4. The summed E-state index contributed by atoms with van der Waals surface area (Å²) in [5, 5.41) is 5.49. The molecule has 0 saturated heterocycles. The first kappa shape index (κ1) is 28.1. The van der Waals surface area contributed by atoms with Crippen LogP contribution in [0.3, 0.4) is 0 Å². The fourth-order valence-corrected chi connectivity index (χ4v) is 3.89. The molecule has 1 aliphatic rings. The second kappa shape index (κ2) is 10.7. The lowest BCUT2D eigenvalue weighted by Crippen LogP contribution is -2.56.